The van der Waals surface area contributed by atoms with E-state index in [9.17, 15) is 9.59 Å². The monoisotopic (exact) mass is 428 g/mol. The fourth-order valence-corrected chi connectivity index (χ4v) is 3.90. The Labute approximate surface area is 186 Å². The highest BCUT2D eigenvalue weighted by Crippen LogP contribution is 2.18. The van der Waals surface area contributed by atoms with Crippen LogP contribution in [-0.2, 0) is 14.3 Å². The molecular formula is C25H50NO4+. The molecule has 1 N–H and O–H groups in total. The molecular weight excluding hydrogens is 378 g/mol. The van der Waals surface area contributed by atoms with Crippen molar-refractivity contribution in [2.45, 2.75) is 116 Å². The number of esters is 1. The van der Waals surface area contributed by atoms with Crippen molar-refractivity contribution in [3.63, 3.8) is 0 Å². The van der Waals surface area contributed by atoms with E-state index in [0.29, 0.717) is 17.4 Å². The molecule has 0 aliphatic carbocycles. The van der Waals surface area contributed by atoms with Crippen molar-refractivity contribution in [1.82, 2.24) is 0 Å². The molecule has 2 atom stereocenters. The number of quaternary nitrogens is 1. The minimum atomic E-state index is -0.924. The molecule has 0 aliphatic heterocycles. The summed E-state index contributed by atoms with van der Waals surface area (Å²) in [5.74, 6) is -0.315. The number of aliphatic carboxylic acids is 1. The van der Waals surface area contributed by atoms with E-state index in [0.717, 1.165) is 25.2 Å². The van der Waals surface area contributed by atoms with Crippen LogP contribution in [0.4, 0.5) is 0 Å². The number of nitrogens with zero attached hydrogens (tertiary/aromatic N) is 1. The Hall–Kier alpha value is -1.10. The van der Waals surface area contributed by atoms with Crippen LogP contribution in [0.15, 0.2) is 0 Å². The largest absolute Gasteiger partial charge is 0.481 e. The van der Waals surface area contributed by atoms with Gasteiger partial charge in [-0.05, 0) is 12.3 Å². The Morgan fingerprint density at radius 3 is 1.83 bits per heavy atom. The SMILES string of the molecule is CCCCCCC(C)CCCCCCCCCC(=O)OC(CC(=O)O)C[N+](C)(C)C. The van der Waals surface area contributed by atoms with Gasteiger partial charge >= 0.3 is 11.9 Å². The minimum absolute atomic E-state index is 0.126. The van der Waals surface area contributed by atoms with E-state index >= 15 is 0 Å². The van der Waals surface area contributed by atoms with Crippen molar-refractivity contribution in [3.8, 4) is 0 Å². The van der Waals surface area contributed by atoms with Crippen molar-refractivity contribution in [2.24, 2.45) is 5.92 Å². The highest BCUT2D eigenvalue weighted by molar-refractivity contribution is 5.71. The van der Waals surface area contributed by atoms with Crippen molar-refractivity contribution in [1.29, 1.82) is 0 Å². The molecule has 0 fully saturated rings. The van der Waals surface area contributed by atoms with Gasteiger partial charge in [-0.1, -0.05) is 90.9 Å². The van der Waals surface area contributed by atoms with Crippen molar-refractivity contribution < 1.29 is 23.9 Å². The zero-order valence-electron chi connectivity index (χ0n) is 20.6. The summed E-state index contributed by atoms with van der Waals surface area (Å²) in [6.07, 6.45) is 16.2. The smallest absolute Gasteiger partial charge is 0.307 e. The number of carboxylic acid groups (broad SMARTS) is 1. The van der Waals surface area contributed by atoms with Crippen molar-refractivity contribution in [2.75, 3.05) is 27.7 Å². The average molecular weight is 429 g/mol. The molecule has 0 amide bonds. The molecule has 0 radical (unpaired) electrons. The third kappa shape index (κ3) is 20.2. The Bertz CT molecular complexity index is 445. The molecule has 0 aromatic carbocycles. The highest BCUT2D eigenvalue weighted by atomic mass is 16.5. The summed E-state index contributed by atoms with van der Waals surface area (Å²) >= 11 is 0. The Morgan fingerprint density at radius 2 is 1.33 bits per heavy atom. The summed E-state index contributed by atoms with van der Waals surface area (Å²) in [7, 11) is 5.91. The number of unbranched alkanes of at least 4 members (excludes halogenated alkanes) is 9. The van der Waals surface area contributed by atoms with E-state index in [4.69, 9.17) is 9.84 Å². The lowest BCUT2D eigenvalue weighted by atomic mass is 9.96. The van der Waals surface area contributed by atoms with Gasteiger partial charge in [0, 0.05) is 6.42 Å². The number of carboxylic acids is 1. The molecule has 0 saturated heterocycles. The minimum Gasteiger partial charge on any atom is -0.481 e. The predicted molar refractivity (Wildman–Crippen MR) is 125 cm³/mol. The quantitative estimate of drug-likeness (QED) is 0.142. The van der Waals surface area contributed by atoms with Gasteiger partial charge in [-0.25, -0.2) is 0 Å². The van der Waals surface area contributed by atoms with E-state index in [-0.39, 0.29) is 12.4 Å². The summed E-state index contributed by atoms with van der Waals surface area (Å²) in [6, 6.07) is 0. The van der Waals surface area contributed by atoms with Crippen LogP contribution in [0.2, 0.25) is 0 Å². The molecule has 2 unspecified atom stereocenters. The number of hydrogen-bond acceptors (Lipinski definition) is 3. The van der Waals surface area contributed by atoms with Gasteiger partial charge in [0.15, 0.2) is 6.10 Å². The topological polar surface area (TPSA) is 63.6 Å². The lowest BCUT2D eigenvalue weighted by molar-refractivity contribution is -0.873. The zero-order chi connectivity index (χ0) is 22.8. The maximum absolute atomic E-state index is 12.0. The van der Waals surface area contributed by atoms with Gasteiger partial charge in [0.05, 0.1) is 27.6 Å². The number of ether oxygens (including phenoxy) is 1. The number of rotatable bonds is 20. The Morgan fingerprint density at radius 1 is 0.833 bits per heavy atom. The third-order valence-electron chi connectivity index (χ3n) is 5.58. The van der Waals surface area contributed by atoms with Crippen LogP contribution >= 0.6 is 0 Å². The molecule has 30 heavy (non-hydrogen) atoms. The normalized spacial score (nSPS) is 13.8. The Balaban J connectivity index is 3.68. The molecule has 0 spiro atoms. The first kappa shape index (κ1) is 28.9. The zero-order valence-corrected chi connectivity index (χ0v) is 20.6. The number of carbonyl (C=O) groups excluding carboxylic acids is 1. The second-order valence-corrected chi connectivity index (χ2v) is 10.2. The van der Waals surface area contributed by atoms with Crippen LogP contribution in [-0.4, -0.2) is 55.3 Å². The van der Waals surface area contributed by atoms with Gasteiger partial charge in [-0.2, -0.15) is 0 Å². The molecule has 178 valence electrons. The molecule has 5 heteroatoms. The van der Waals surface area contributed by atoms with Gasteiger partial charge in [0.2, 0.25) is 0 Å². The van der Waals surface area contributed by atoms with Crippen LogP contribution in [0.5, 0.6) is 0 Å². The van der Waals surface area contributed by atoms with Gasteiger partial charge in [-0.3, -0.25) is 9.59 Å². The van der Waals surface area contributed by atoms with E-state index in [2.05, 4.69) is 13.8 Å². The number of carbonyl (C=O) groups is 2. The van der Waals surface area contributed by atoms with Crippen LogP contribution in [0.25, 0.3) is 0 Å². The van der Waals surface area contributed by atoms with Gasteiger partial charge < -0.3 is 14.3 Å². The van der Waals surface area contributed by atoms with Crippen LogP contribution < -0.4 is 0 Å². The maximum Gasteiger partial charge on any atom is 0.307 e. The average Bonchev–Trinajstić information content (AvgIpc) is 2.61. The van der Waals surface area contributed by atoms with Crippen LogP contribution in [0, 0.1) is 5.92 Å². The van der Waals surface area contributed by atoms with Crippen molar-refractivity contribution >= 4 is 11.9 Å². The second kappa shape index (κ2) is 17.6. The summed E-state index contributed by atoms with van der Waals surface area (Å²) in [5.41, 5.74) is 0. The van der Waals surface area contributed by atoms with Crippen LogP contribution in [0.3, 0.4) is 0 Å². The summed E-state index contributed by atoms with van der Waals surface area (Å²) in [5, 5.41) is 9.02. The van der Waals surface area contributed by atoms with E-state index in [1.807, 2.05) is 21.1 Å². The van der Waals surface area contributed by atoms with E-state index in [1.165, 1.54) is 64.2 Å². The number of hydrogen-bond donors (Lipinski definition) is 1. The van der Waals surface area contributed by atoms with Crippen molar-refractivity contribution in [3.05, 3.63) is 0 Å². The second-order valence-electron chi connectivity index (χ2n) is 10.2. The fourth-order valence-electron chi connectivity index (χ4n) is 3.90. The van der Waals surface area contributed by atoms with Gasteiger partial charge in [-0.15, -0.1) is 0 Å². The standard InChI is InChI=1S/C25H49NO4/c1-6-7-8-14-17-22(2)18-15-12-10-9-11-13-16-19-25(29)30-23(20-24(27)28)21-26(3,4)5/h22-23H,6-21H2,1-5H3/p+1. The molecule has 0 heterocycles. The molecule has 0 aliphatic rings. The molecule has 0 saturated carbocycles. The molecule has 0 rings (SSSR count). The maximum atomic E-state index is 12.0. The lowest BCUT2D eigenvalue weighted by Gasteiger charge is -2.28. The Kier molecular flexibility index (Phi) is 16.9. The summed E-state index contributed by atoms with van der Waals surface area (Å²) in [6.45, 7) is 5.17. The van der Waals surface area contributed by atoms with Crippen LogP contribution in [0.1, 0.15) is 110 Å². The summed E-state index contributed by atoms with van der Waals surface area (Å²) < 4.78 is 6.00. The summed E-state index contributed by atoms with van der Waals surface area (Å²) in [4.78, 5) is 23.0. The first-order valence-corrected chi connectivity index (χ1v) is 12.4. The molecule has 5 nitrogen and oxygen atoms in total. The number of likely N-dealkylation sites (N-methyl/N-ethyl adjacent to an activating group) is 1. The van der Waals surface area contributed by atoms with E-state index < -0.39 is 12.1 Å². The highest BCUT2D eigenvalue weighted by Gasteiger charge is 2.24. The fraction of sp³-hybridized carbons (Fsp3) is 0.920. The first-order valence-electron chi connectivity index (χ1n) is 12.4. The predicted octanol–water partition coefficient (Wildman–Crippen LogP) is 6.20. The third-order valence-corrected chi connectivity index (χ3v) is 5.58. The van der Waals surface area contributed by atoms with Gasteiger partial charge in [0.25, 0.3) is 0 Å². The first-order chi connectivity index (χ1) is 14.1. The molecule has 0 aromatic heterocycles. The van der Waals surface area contributed by atoms with E-state index in [1.54, 1.807) is 0 Å². The lowest BCUT2D eigenvalue weighted by Crippen LogP contribution is -2.43. The van der Waals surface area contributed by atoms with Gasteiger partial charge in [0.1, 0.15) is 6.54 Å². The molecule has 0 aromatic rings. The molecule has 0 bridgehead atoms.